The van der Waals surface area contributed by atoms with Crippen LogP contribution in [0.5, 0.6) is 0 Å². The van der Waals surface area contributed by atoms with Gasteiger partial charge in [0.15, 0.2) is 0 Å². The summed E-state index contributed by atoms with van der Waals surface area (Å²) in [5, 5.41) is 0. The van der Waals surface area contributed by atoms with Crippen LogP contribution in [0.3, 0.4) is 0 Å². The van der Waals surface area contributed by atoms with E-state index in [0.29, 0.717) is 0 Å². The molecule has 0 spiro atoms. The second-order valence-corrected chi connectivity index (χ2v) is 5.32. The fourth-order valence-electron chi connectivity index (χ4n) is 2.94. The molecule has 2 N–H and O–H groups in total. The van der Waals surface area contributed by atoms with Crippen LogP contribution in [0.15, 0.2) is 12.1 Å². The van der Waals surface area contributed by atoms with Crippen LogP contribution >= 0.6 is 0 Å². The molecule has 1 aliphatic heterocycles. The van der Waals surface area contributed by atoms with Gasteiger partial charge in [-0.1, -0.05) is 17.7 Å². The molecule has 98 valence electrons. The molecule has 0 bridgehead atoms. The van der Waals surface area contributed by atoms with E-state index in [1.165, 1.54) is 5.56 Å². The molecule has 0 aliphatic carbocycles. The second kappa shape index (κ2) is 5.11. The largest absolute Gasteiger partial charge is 0.341 e. The van der Waals surface area contributed by atoms with Gasteiger partial charge in [-0.25, -0.2) is 0 Å². The van der Waals surface area contributed by atoms with E-state index >= 15 is 0 Å². The van der Waals surface area contributed by atoms with E-state index in [4.69, 9.17) is 5.73 Å². The Balaban J connectivity index is 2.28. The number of hydrogen-bond donors (Lipinski definition) is 1. The fraction of sp³-hybridized carbons (Fsp3) is 0.533. The van der Waals surface area contributed by atoms with Crippen molar-refractivity contribution in [1.29, 1.82) is 0 Å². The summed E-state index contributed by atoms with van der Waals surface area (Å²) < 4.78 is 0. The summed E-state index contributed by atoms with van der Waals surface area (Å²) in [6, 6.07) is 3.68. The number of hydrogen-bond acceptors (Lipinski definition) is 2. The highest BCUT2D eigenvalue weighted by Gasteiger charge is 2.26. The molecule has 1 atom stereocenters. The Kier molecular flexibility index (Phi) is 3.71. The summed E-state index contributed by atoms with van der Waals surface area (Å²) in [5.41, 5.74) is 10.6. The minimum atomic E-state index is -0.510. The van der Waals surface area contributed by atoms with Gasteiger partial charge in [-0.2, -0.15) is 0 Å². The second-order valence-electron chi connectivity index (χ2n) is 5.32. The third-order valence-corrected chi connectivity index (χ3v) is 3.73. The van der Waals surface area contributed by atoms with Gasteiger partial charge in [-0.3, -0.25) is 4.79 Å². The molecule has 0 aromatic heterocycles. The molecule has 3 nitrogen and oxygen atoms in total. The predicted octanol–water partition coefficient (Wildman–Crippen LogP) is 2.23. The van der Waals surface area contributed by atoms with Gasteiger partial charge < -0.3 is 10.6 Å². The molecule has 0 saturated carbocycles. The van der Waals surface area contributed by atoms with Gasteiger partial charge in [-0.05, 0) is 50.3 Å². The zero-order valence-corrected chi connectivity index (χ0v) is 11.5. The maximum absolute atomic E-state index is 12.3. The van der Waals surface area contributed by atoms with Crippen LogP contribution in [-0.2, 0) is 4.79 Å². The molecule has 1 fully saturated rings. The van der Waals surface area contributed by atoms with E-state index in [-0.39, 0.29) is 5.91 Å². The fourth-order valence-corrected chi connectivity index (χ4v) is 2.94. The quantitative estimate of drug-likeness (QED) is 0.870. The number of nitrogens with two attached hydrogens (primary N) is 1. The summed E-state index contributed by atoms with van der Waals surface area (Å²) in [7, 11) is 0. The van der Waals surface area contributed by atoms with E-state index in [1.807, 2.05) is 18.7 Å². The number of likely N-dealkylation sites (tertiary alicyclic amines) is 1. The highest BCUT2D eigenvalue weighted by Crippen LogP contribution is 2.24. The molecule has 1 heterocycles. The molecule has 1 amide bonds. The minimum absolute atomic E-state index is 0.0718. The Hall–Kier alpha value is -1.35. The van der Waals surface area contributed by atoms with Gasteiger partial charge in [0.05, 0.1) is 0 Å². The first-order chi connectivity index (χ1) is 8.50. The topological polar surface area (TPSA) is 46.3 Å². The summed E-state index contributed by atoms with van der Waals surface area (Å²) in [6.07, 6.45) is 2.20. The molecular formula is C15H22N2O. The van der Waals surface area contributed by atoms with Crippen LogP contribution in [0, 0.1) is 20.8 Å². The van der Waals surface area contributed by atoms with Crippen LogP contribution < -0.4 is 5.73 Å². The van der Waals surface area contributed by atoms with Crippen molar-refractivity contribution in [2.45, 2.75) is 39.7 Å². The first-order valence-corrected chi connectivity index (χ1v) is 6.63. The Morgan fingerprint density at radius 2 is 1.67 bits per heavy atom. The lowest BCUT2D eigenvalue weighted by Crippen LogP contribution is -2.37. The third kappa shape index (κ3) is 2.41. The van der Waals surface area contributed by atoms with E-state index in [2.05, 4.69) is 19.1 Å². The molecular weight excluding hydrogens is 224 g/mol. The highest BCUT2D eigenvalue weighted by atomic mass is 16.2. The maximum atomic E-state index is 12.3. The Labute approximate surface area is 109 Å². The van der Waals surface area contributed by atoms with E-state index in [1.54, 1.807) is 0 Å². The van der Waals surface area contributed by atoms with Gasteiger partial charge >= 0.3 is 0 Å². The lowest BCUT2D eigenvalue weighted by Gasteiger charge is -2.23. The van der Waals surface area contributed by atoms with E-state index in [9.17, 15) is 4.79 Å². The number of nitrogens with zero attached hydrogens (tertiary/aromatic N) is 1. The molecule has 18 heavy (non-hydrogen) atoms. The van der Waals surface area contributed by atoms with Crippen LogP contribution in [0.25, 0.3) is 0 Å². The monoisotopic (exact) mass is 246 g/mol. The lowest BCUT2D eigenvalue weighted by molar-refractivity contribution is -0.131. The lowest BCUT2D eigenvalue weighted by atomic mass is 9.94. The minimum Gasteiger partial charge on any atom is -0.341 e. The zero-order chi connectivity index (χ0) is 13.3. The molecule has 1 saturated heterocycles. The highest BCUT2D eigenvalue weighted by molar-refractivity contribution is 5.84. The molecule has 1 aromatic rings. The van der Waals surface area contributed by atoms with Crippen molar-refractivity contribution in [1.82, 2.24) is 4.90 Å². The molecule has 1 unspecified atom stereocenters. The average Bonchev–Trinajstić information content (AvgIpc) is 2.79. The Bertz CT molecular complexity index is 439. The Morgan fingerprint density at radius 3 is 2.17 bits per heavy atom. The normalized spacial score (nSPS) is 17.0. The van der Waals surface area contributed by atoms with Crippen LogP contribution in [0.2, 0.25) is 0 Å². The number of rotatable bonds is 2. The smallest absolute Gasteiger partial charge is 0.244 e. The predicted molar refractivity (Wildman–Crippen MR) is 73.4 cm³/mol. The molecule has 1 aliphatic rings. The molecule has 2 rings (SSSR count). The summed E-state index contributed by atoms with van der Waals surface area (Å²) in [4.78, 5) is 14.2. The van der Waals surface area contributed by atoms with Gasteiger partial charge in [0.25, 0.3) is 0 Å². The van der Waals surface area contributed by atoms with Crippen molar-refractivity contribution < 1.29 is 4.79 Å². The van der Waals surface area contributed by atoms with Crippen molar-refractivity contribution in [2.24, 2.45) is 5.73 Å². The van der Waals surface area contributed by atoms with Crippen LogP contribution in [-0.4, -0.2) is 23.9 Å². The molecule has 3 heteroatoms. The van der Waals surface area contributed by atoms with Crippen LogP contribution in [0.4, 0.5) is 0 Å². The number of carbonyl (C=O) groups is 1. The van der Waals surface area contributed by atoms with Crippen molar-refractivity contribution in [3.05, 3.63) is 34.4 Å². The summed E-state index contributed by atoms with van der Waals surface area (Å²) >= 11 is 0. The number of amides is 1. The van der Waals surface area contributed by atoms with Gasteiger partial charge in [-0.15, -0.1) is 0 Å². The first kappa shape index (κ1) is 13.1. The van der Waals surface area contributed by atoms with E-state index < -0.39 is 6.04 Å². The van der Waals surface area contributed by atoms with Crippen molar-refractivity contribution in [3.63, 3.8) is 0 Å². The van der Waals surface area contributed by atoms with Crippen molar-refractivity contribution >= 4 is 5.91 Å². The van der Waals surface area contributed by atoms with E-state index in [0.717, 1.165) is 42.6 Å². The Morgan fingerprint density at radius 1 is 1.17 bits per heavy atom. The SMILES string of the molecule is Cc1cc(C)c(C(N)C(=O)N2CCCC2)c(C)c1. The number of carbonyl (C=O) groups excluding carboxylic acids is 1. The number of benzene rings is 1. The van der Waals surface area contributed by atoms with Crippen molar-refractivity contribution in [3.8, 4) is 0 Å². The number of aryl methyl sites for hydroxylation is 3. The molecule has 0 radical (unpaired) electrons. The van der Waals surface area contributed by atoms with Crippen molar-refractivity contribution in [2.75, 3.05) is 13.1 Å². The zero-order valence-electron chi connectivity index (χ0n) is 11.5. The van der Waals surface area contributed by atoms with Gasteiger partial charge in [0.1, 0.15) is 6.04 Å². The van der Waals surface area contributed by atoms with Crippen LogP contribution in [0.1, 0.15) is 41.1 Å². The standard InChI is InChI=1S/C15H22N2O/c1-10-8-11(2)13(12(3)9-10)14(16)15(18)17-6-4-5-7-17/h8-9,14H,4-7,16H2,1-3H3. The van der Waals surface area contributed by atoms with Gasteiger partial charge in [0.2, 0.25) is 5.91 Å². The summed E-state index contributed by atoms with van der Waals surface area (Å²) in [5.74, 6) is 0.0718. The summed E-state index contributed by atoms with van der Waals surface area (Å²) in [6.45, 7) is 7.85. The van der Waals surface area contributed by atoms with Gasteiger partial charge in [0, 0.05) is 13.1 Å². The maximum Gasteiger partial charge on any atom is 0.244 e. The average molecular weight is 246 g/mol. The third-order valence-electron chi connectivity index (χ3n) is 3.73. The molecule has 1 aromatic carbocycles. The first-order valence-electron chi connectivity index (χ1n) is 6.63.